The second-order valence-corrected chi connectivity index (χ2v) is 7.39. The number of halogens is 1. The molecule has 0 bridgehead atoms. The lowest BCUT2D eigenvalue weighted by molar-refractivity contribution is 0.0723. The Bertz CT molecular complexity index is 1070. The van der Waals surface area contributed by atoms with Gasteiger partial charge in [-0.3, -0.25) is 14.6 Å². The molecule has 2 aromatic carbocycles. The molecule has 0 atom stereocenters. The van der Waals surface area contributed by atoms with E-state index in [2.05, 4.69) is 10.3 Å². The zero-order valence-corrected chi connectivity index (χ0v) is 18.2. The van der Waals surface area contributed by atoms with Crippen molar-refractivity contribution in [3.63, 3.8) is 0 Å². The topological polar surface area (TPSA) is 71.5 Å². The first-order chi connectivity index (χ1) is 15.5. The third-order valence-electron chi connectivity index (χ3n) is 5.04. The molecule has 0 aliphatic rings. The van der Waals surface area contributed by atoms with Gasteiger partial charge in [-0.05, 0) is 60.9 Å². The van der Waals surface area contributed by atoms with E-state index in [4.69, 9.17) is 4.74 Å². The largest absolute Gasteiger partial charge is 0.385 e. The molecule has 3 rings (SSSR count). The Hall–Kier alpha value is -3.58. The number of aryl methyl sites for hydroxylation is 1. The van der Waals surface area contributed by atoms with Crippen LogP contribution in [0.15, 0.2) is 67.0 Å². The number of rotatable bonds is 9. The number of pyridine rings is 1. The highest BCUT2D eigenvalue weighted by Gasteiger charge is 2.18. The predicted molar refractivity (Wildman–Crippen MR) is 121 cm³/mol. The minimum atomic E-state index is -0.600. The van der Waals surface area contributed by atoms with Gasteiger partial charge in [0.1, 0.15) is 5.82 Å². The van der Waals surface area contributed by atoms with Crippen LogP contribution in [0.1, 0.15) is 38.3 Å². The second-order valence-electron chi connectivity index (χ2n) is 7.39. The van der Waals surface area contributed by atoms with Crippen LogP contribution in [0.4, 0.5) is 10.1 Å². The summed E-state index contributed by atoms with van der Waals surface area (Å²) in [6, 6.07) is 14.6. The van der Waals surface area contributed by atoms with Crippen molar-refractivity contribution in [2.75, 3.05) is 25.6 Å². The van der Waals surface area contributed by atoms with Gasteiger partial charge in [-0.2, -0.15) is 0 Å². The lowest BCUT2D eigenvalue weighted by atomic mass is 10.1. The number of benzene rings is 2. The predicted octanol–water partition coefficient (Wildman–Crippen LogP) is 4.46. The molecule has 7 heteroatoms. The molecule has 1 N–H and O–H groups in total. The van der Waals surface area contributed by atoms with Crippen molar-refractivity contribution in [3.05, 3.63) is 95.1 Å². The van der Waals surface area contributed by atoms with Crippen LogP contribution in [0.5, 0.6) is 0 Å². The number of nitrogens with zero attached hydrogens (tertiary/aromatic N) is 2. The summed E-state index contributed by atoms with van der Waals surface area (Å²) in [5.41, 5.74) is 2.58. The Labute approximate surface area is 187 Å². The number of methoxy groups -OCH3 is 1. The summed E-state index contributed by atoms with van der Waals surface area (Å²) in [5, 5.41) is 2.73. The van der Waals surface area contributed by atoms with Gasteiger partial charge in [0.25, 0.3) is 11.8 Å². The van der Waals surface area contributed by atoms with Crippen LogP contribution >= 0.6 is 0 Å². The van der Waals surface area contributed by atoms with E-state index >= 15 is 0 Å². The smallest absolute Gasteiger partial charge is 0.258 e. The Kier molecular flexibility index (Phi) is 8.05. The molecule has 0 unspecified atom stereocenters. The summed E-state index contributed by atoms with van der Waals surface area (Å²) in [5.74, 6) is -1.33. The monoisotopic (exact) mass is 435 g/mol. The number of hydrogen-bond donors (Lipinski definition) is 1. The molecular weight excluding hydrogens is 409 g/mol. The van der Waals surface area contributed by atoms with Crippen molar-refractivity contribution in [2.24, 2.45) is 0 Å². The summed E-state index contributed by atoms with van der Waals surface area (Å²) in [6.45, 7) is 3.30. The first-order valence-corrected chi connectivity index (χ1v) is 10.3. The normalized spacial score (nSPS) is 10.6. The van der Waals surface area contributed by atoms with Crippen molar-refractivity contribution >= 4 is 17.5 Å². The molecule has 0 radical (unpaired) electrons. The first kappa shape index (κ1) is 23.1. The van der Waals surface area contributed by atoms with E-state index in [1.54, 1.807) is 48.7 Å². The SMILES string of the molecule is COCCCN(Cc1ccncc1)C(=O)c1ccc(C)c(NC(=O)c2ccccc2F)c1. The molecule has 1 aromatic heterocycles. The van der Waals surface area contributed by atoms with Crippen LogP contribution in [-0.4, -0.2) is 42.0 Å². The number of carbonyl (C=O) groups excluding carboxylic acids is 2. The number of aromatic nitrogens is 1. The van der Waals surface area contributed by atoms with E-state index in [0.29, 0.717) is 37.4 Å². The van der Waals surface area contributed by atoms with Crippen molar-refractivity contribution in [1.29, 1.82) is 0 Å². The highest BCUT2D eigenvalue weighted by Crippen LogP contribution is 2.21. The number of amides is 2. The Morgan fingerprint density at radius 2 is 1.84 bits per heavy atom. The third-order valence-corrected chi connectivity index (χ3v) is 5.04. The fourth-order valence-corrected chi connectivity index (χ4v) is 3.27. The number of anilines is 1. The van der Waals surface area contributed by atoms with Gasteiger partial charge in [0.15, 0.2) is 0 Å². The summed E-state index contributed by atoms with van der Waals surface area (Å²) >= 11 is 0. The van der Waals surface area contributed by atoms with E-state index in [9.17, 15) is 14.0 Å². The van der Waals surface area contributed by atoms with Crippen LogP contribution in [0.3, 0.4) is 0 Å². The molecule has 32 heavy (non-hydrogen) atoms. The van der Waals surface area contributed by atoms with Crippen molar-refractivity contribution in [2.45, 2.75) is 19.9 Å². The van der Waals surface area contributed by atoms with E-state index in [0.717, 1.165) is 11.1 Å². The van der Waals surface area contributed by atoms with Gasteiger partial charge in [-0.25, -0.2) is 4.39 Å². The van der Waals surface area contributed by atoms with E-state index in [1.807, 2.05) is 19.1 Å². The minimum Gasteiger partial charge on any atom is -0.385 e. The molecule has 166 valence electrons. The molecule has 0 saturated heterocycles. The fraction of sp³-hybridized carbons (Fsp3) is 0.240. The Morgan fingerprint density at radius 3 is 2.56 bits per heavy atom. The van der Waals surface area contributed by atoms with Crippen LogP contribution in [-0.2, 0) is 11.3 Å². The van der Waals surface area contributed by atoms with Crippen LogP contribution in [0.25, 0.3) is 0 Å². The van der Waals surface area contributed by atoms with E-state index in [-0.39, 0.29) is 11.5 Å². The highest BCUT2D eigenvalue weighted by molar-refractivity contribution is 6.05. The Balaban J connectivity index is 1.82. The summed E-state index contributed by atoms with van der Waals surface area (Å²) in [6.07, 6.45) is 4.07. The summed E-state index contributed by atoms with van der Waals surface area (Å²) in [7, 11) is 1.62. The maximum absolute atomic E-state index is 14.0. The number of nitrogens with one attached hydrogen (secondary N) is 1. The van der Waals surface area contributed by atoms with E-state index < -0.39 is 11.7 Å². The summed E-state index contributed by atoms with van der Waals surface area (Å²) in [4.78, 5) is 31.6. The summed E-state index contributed by atoms with van der Waals surface area (Å²) < 4.78 is 19.1. The van der Waals surface area contributed by atoms with Gasteiger partial charge in [-0.15, -0.1) is 0 Å². The van der Waals surface area contributed by atoms with Crippen molar-refractivity contribution in [1.82, 2.24) is 9.88 Å². The maximum atomic E-state index is 14.0. The van der Waals surface area contributed by atoms with Crippen molar-refractivity contribution in [3.8, 4) is 0 Å². The van der Waals surface area contributed by atoms with Gasteiger partial charge >= 0.3 is 0 Å². The maximum Gasteiger partial charge on any atom is 0.258 e. The lowest BCUT2D eigenvalue weighted by Gasteiger charge is -2.23. The number of carbonyl (C=O) groups is 2. The second kappa shape index (κ2) is 11.2. The molecule has 3 aromatic rings. The van der Waals surface area contributed by atoms with Gasteiger partial charge in [-0.1, -0.05) is 18.2 Å². The fourth-order valence-electron chi connectivity index (χ4n) is 3.27. The Morgan fingerprint density at radius 1 is 1.09 bits per heavy atom. The average Bonchev–Trinajstić information content (AvgIpc) is 2.80. The van der Waals surface area contributed by atoms with Gasteiger partial charge in [0, 0.05) is 50.5 Å². The molecule has 0 aliphatic carbocycles. The average molecular weight is 435 g/mol. The molecule has 0 aliphatic heterocycles. The molecule has 6 nitrogen and oxygen atoms in total. The zero-order valence-electron chi connectivity index (χ0n) is 18.2. The van der Waals surface area contributed by atoms with Gasteiger partial charge in [0.05, 0.1) is 5.56 Å². The minimum absolute atomic E-state index is 0.0532. The van der Waals surface area contributed by atoms with Crippen LogP contribution in [0.2, 0.25) is 0 Å². The molecular formula is C25H26FN3O3. The molecule has 0 saturated carbocycles. The molecule has 0 spiro atoms. The quantitative estimate of drug-likeness (QED) is 0.504. The molecule has 1 heterocycles. The van der Waals surface area contributed by atoms with Crippen LogP contribution < -0.4 is 5.32 Å². The molecule has 0 fully saturated rings. The lowest BCUT2D eigenvalue weighted by Crippen LogP contribution is -2.32. The van der Waals surface area contributed by atoms with Gasteiger partial charge < -0.3 is 15.0 Å². The number of ether oxygens (including phenoxy) is 1. The van der Waals surface area contributed by atoms with Crippen molar-refractivity contribution < 1.29 is 18.7 Å². The van der Waals surface area contributed by atoms with E-state index in [1.165, 1.54) is 18.2 Å². The zero-order chi connectivity index (χ0) is 22.9. The van der Waals surface area contributed by atoms with Gasteiger partial charge in [0.2, 0.25) is 0 Å². The first-order valence-electron chi connectivity index (χ1n) is 10.3. The standard InChI is InChI=1S/C25H26FN3O3/c1-18-8-9-20(16-23(18)28-24(30)21-6-3-4-7-22(21)26)25(31)29(14-5-15-32-2)17-19-10-12-27-13-11-19/h3-4,6-13,16H,5,14-15,17H2,1-2H3,(H,28,30). The molecule has 2 amide bonds. The third kappa shape index (κ3) is 5.98. The number of hydrogen-bond acceptors (Lipinski definition) is 4. The van der Waals surface area contributed by atoms with Crippen LogP contribution in [0, 0.1) is 12.7 Å². The highest BCUT2D eigenvalue weighted by atomic mass is 19.1.